The third kappa shape index (κ3) is 11.6. The Kier molecular flexibility index (Phi) is 15.7. The lowest BCUT2D eigenvalue weighted by molar-refractivity contribution is -0.142. The van der Waals surface area contributed by atoms with Crippen LogP contribution in [0.3, 0.4) is 0 Å². The van der Waals surface area contributed by atoms with E-state index >= 15 is 0 Å². The summed E-state index contributed by atoms with van der Waals surface area (Å²) in [5.41, 5.74) is 2.24. The van der Waals surface area contributed by atoms with Gasteiger partial charge in [0.1, 0.15) is 5.82 Å². The maximum Gasteiger partial charge on any atom is 0.222 e. The zero-order chi connectivity index (χ0) is 32.4. The van der Waals surface area contributed by atoms with E-state index in [1.165, 1.54) is 63.4 Å². The second kappa shape index (κ2) is 20.2. The van der Waals surface area contributed by atoms with Crippen LogP contribution in [0.5, 0.6) is 0 Å². The highest BCUT2D eigenvalue weighted by atomic mass is 32.2. The quantitative estimate of drug-likeness (QED) is 0.0910. The molecule has 46 heavy (non-hydrogen) atoms. The van der Waals surface area contributed by atoms with Crippen molar-refractivity contribution in [2.75, 3.05) is 25.4 Å². The minimum atomic E-state index is 0.0692. The molecule has 0 N–H and O–H groups in total. The van der Waals surface area contributed by atoms with Gasteiger partial charge in [0.05, 0.1) is 0 Å². The number of thioether (sulfide) groups is 1. The minimum absolute atomic E-state index is 0.0692. The van der Waals surface area contributed by atoms with Crippen LogP contribution in [0.4, 0.5) is 0 Å². The van der Waals surface area contributed by atoms with Crippen LogP contribution in [0.2, 0.25) is 0 Å². The zero-order valence-electron chi connectivity index (χ0n) is 28.2. The lowest BCUT2D eigenvalue weighted by Crippen LogP contribution is -2.55. The van der Waals surface area contributed by atoms with Gasteiger partial charge in [0.2, 0.25) is 11.8 Å². The van der Waals surface area contributed by atoms with E-state index in [4.69, 9.17) is 0 Å². The molecule has 1 aliphatic heterocycles. The molecule has 7 nitrogen and oxygen atoms in total. The molecule has 2 amide bonds. The molecule has 2 heterocycles. The standard InChI is InChI=1S/C38H55N5O2S/c1-3-4-5-6-7-8-9-10-11-12-19-25-37(45)42-28-27-41(31-32(42)2)36(44)26-20-29-46-38-40-39-35(30-33-21-15-13-16-22-33)43(38)34-23-17-14-18-24-34/h13-18,21-24,32H,3-12,19-20,25-31H2,1-2H3. The largest absolute Gasteiger partial charge is 0.339 e. The Labute approximate surface area is 281 Å². The fourth-order valence-corrected chi connectivity index (χ4v) is 7.22. The topological polar surface area (TPSA) is 71.3 Å². The number of para-hydroxylation sites is 1. The summed E-state index contributed by atoms with van der Waals surface area (Å²) in [6.07, 6.45) is 16.8. The van der Waals surface area contributed by atoms with Gasteiger partial charge >= 0.3 is 0 Å². The van der Waals surface area contributed by atoms with Gasteiger partial charge < -0.3 is 9.80 Å². The molecular formula is C38H55N5O2S. The first-order valence-corrected chi connectivity index (χ1v) is 18.8. The fraction of sp³-hybridized carbons (Fsp3) is 0.579. The first kappa shape index (κ1) is 35.7. The second-order valence-electron chi connectivity index (χ2n) is 12.7. The molecule has 0 bridgehead atoms. The highest BCUT2D eigenvalue weighted by Crippen LogP contribution is 2.25. The molecule has 3 aromatic rings. The van der Waals surface area contributed by atoms with Gasteiger partial charge in [-0.2, -0.15) is 0 Å². The van der Waals surface area contributed by atoms with Crippen LogP contribution in [-0.2, 0) is 16.0 Å². The third-order valence-corrected chi connectivity index (χ3v) is 10.00. The Hall–Kier alpha value is -3.13. The van der Waals surface area contributed by atoms with Crippen molar-refractivity contribution in [3.8, 4) is 5.69 Å². The van der Waals surface area contributed by atoms with Crippen LogP contribution in [-0.4, -0.2) is 67.8 Å². The van der Waals surface area contributed by atoms with Crippen molar-refractivity contribution in [3.05, 3.63) is 72.1 Å². The summed E-state index contributed by atoms with van der Waals surface area (Å²) >= 11 is 1.65. The lowest BCUT2D eigenvalue weighted by Gasteiger charge is -2.40. The number of nitrogens with zero attached hydrogens (tertiary/aromatic N) is 5. The first-order chi connectivity index (χ1) is 22.6. The zero-order valence-corrected chi connectivity index (χ0v) is 29.1. The molecule has 0 saturated carbocycles. The number of carbonyl (C=O) groups is 2. The number of amides is 2. The predicted molar refractivity (Wildman–Crippen MR) is 189 cm³/mol. The monoisotopic (exact) mass is 645 g/mol. The summed E-state index contributed by atoms with van der Waals surface area (Å²) < 4.78 is 2.13. The molecule has 4 rings (SSSR count). The smallest absolute Gasteiger partial charge is 0.222 e. The minimum Gasteiger partial charge on any atom is -0.339 e. The summed E-state index contributed by atoms with van der Waals surface area (Å²) in [4.78, 5) is 30.0. The first-order valence-electron chi connectivity index (χ1n) is 17.8. The van der Waals surface area contributed by atoms with E-state index < -0.39 is 0 Å². The average Bonchev–Trinajstić information content (AvgIpc) is 3.48. The molecule has 2 aromatic carbocycles. The highest BCUT2D eigenvalue weighted by molar-refractivity contribution is 7.99. The summed E-state index contributed by atoms with van der Waals surface area (Å²) in [6, 6.07) is 20.6. The molecule has 250 valence electrons. The van der Waals surface area contributed by atoms with Crippen LogP contribution >= 0.6 is 11.8 Å². The maximum atomic E-state index is 13.1. The van der Waals surface area contributed by atoms with Crippen molar-refractivity contribution in [3.63, 3.8) is 0 Å². The fourth-order valence-electron chi connectivity index (χ4n) is 6.31. The number of unbranched alkanes of at least 4 members (excludes halogenated alkanes) is 10. The Morgan fingerprint density at radius 1 is 0.739 bits per heavy atom. The van der Waals surface area contributed by atoms with Crippen LogP contribution < -0.4 is 0 Å². The van der Waals surface area contributed by atoms with Crippen LogP contribution in [0, 0.1) is 0 Å². The Balaban J connectivity index is 1.13. The molecule has 1 fully saturated rings. The Morgan fingerprint density at radius 2 is 1.35 bits per heavy atom. The maximum absolute atomic E-state index is 13.1. The van der Waals surface area contributed by atoms with Crippen LogP contribution in [0.15, 0.2) is 65.8 Å². The number of piperazine rings is 1. The number of hydrogen-bond donors (Lipinski definition) is 0. The normalized spacial score (nSPS) is 15.0. The van der Waals surface area contributed by atoms with Gasteiger partial charge in [-0.1, -0.05) is 131 Å². The summed E-state index contributed by atoms with van der Waals surface area (Å²) in [7, 11) is 0. The van der Waals surface area contributed by atoms with Gasteiger partial charge in [-0.25, -0.2) is 0 Å². The molecule has 1 unspecified atom stereocenters. The number of hydrogen-bond acceptors (Lipinski definition) is 5. The van der Waals surface area contributed by atoms with Crippen LogP contribution in [0.1, 0.15) is 115 Å². The van der Waals surface area contributed by atoms with E-state index in [1.54, 1.807) is 11.8 Å². The predicted octanol–water partition coefficient (Wildman–Crippen LogP) is 8.49. The molecule has 1 aliphatic rings. The van der Waals surface area contributed by atoms with Crippen molar-refractivity contribution in [2.45, 2.75) is 121 Å². The van der Waals surface area contributed by atoms with Gasteiger partial charge in [-0.15, -0.1) is 10.2 Å². The van der Waals surface area contributed by atoms with Gasteiger partial charge in [0.25, 0.3) is 0 Å². The van der Waals surface area contributed by atoms with Crippen molar-refractivity contribution in [1.29, 1.82) is 0 Å². The van der Waals surface area contributed by atoms with E-state index in [1.807, 2.05) is 46.2 Å². The molecule has 0 aliphatic carbocycles. The van der Waals surface area contributed by atoms with E-state index in [9.17, 15) is 9.59 Å². The van der Waals surface area contributed by atoms with E-state index in [2.05, 4.69) is 52.9 Å². The lowest BCUT2D eigenvalue weighted by atomic mass is 10.0. The molecular weight excluding hydrogens is 591 g/mol. The summed E-state index contributed by atoms with van der Waals surface area (Å²) in [6.45, 7) is 6.24. The van der Waals surface area contributed by atoms with Crippen LogP contribution in [0.25, 0.3) is 5.69 Å². The van der Waals surface area contributed by atoms with E-state index in [0.29, 0.717) is 38.9 Å². The number of carbonyl (C=O) groups excluding carboxylic acids is 2. The van der Waals surface area contributed by atoms with Gasteiger partial charge in [-0.05, 0) is 37.5 Å². The number of benzene rings is 2. The Morgan fingerprint density at radius 3 is 2.00 bits per heavy atom. The Bertz CT molecular complexity index is 1300. The van der Waals surface area contributed by atoms with Crippen molar-refractivity contribution in [1.82, 2.24) is 24.6 Å². The summed E-state index contributed by atoms with van der Waals surface area (Å²) in [5.74, 6) is 2.12. The van der Waals surface area contributed by atoms with Crippen molar-refractivity contribution in [2.24, 2.45) is 0 Å². The molecule has 1 aromatic heterocycles. The molecule has 1 saturated heterocycles. The van der Waals surface area contributed by atoms with Crippen molar-refractivity contribution >= 4 is 23.6 Å². The molecule has 0 spiro atoms. The molecule has 8 heteroatoms. The van der Waals surface area contributed by atoms with Gasteiger partial charge in [0, 0.05) is 56.4 Å². The average molecular weight is 646 g/mol. The number of aromatic nitrogens is 3. The van der Waals surface area contributed by atoms with Crippen molar-refractivity contribution < 1.29 is 9.59 Å². The van der Waals surface area contributed by atoms with E-state index in [-0.39, 0.29) is 17.9 Å². The summed E-state index contributed by atoms with van der Waals surface area (Å²) in [5, 5.41) is 9.92. The van der Waals surface area contributed by atoms with E-state index in [0.717, 1.165) is 41.7 Å². The highest BCUT2D eigenvalue weighted by Gasteiger charge is 2.29. The third-order valence-electron chi connectivity index (χ3n) is 8.98. The molecule has 0 radical (unpaired) electrons. The van der Waals surface area contributed by atoms with Gasteiger partial charge in [0.15, 0.2) is 5.16 Å². The SMILES string of the molecule is CCCCCCCCCCCCCC(=O)N1CCN(C(=O)CCCSc2nnc(Cc3ccccc3)n2-c2ccccc2)CC1C. The second-order valence-corrected chi connectivity index (χ2v) is 13.8. The van der Waals surface area contributed by atoms with Gasteiger partial charge in [-0.3, -0.25) is 14.2 Å². The molecule has 1 atom stereocenters. The number of rotatable bonds is 20.